The smallest absolute Gasteiger partial charge is 0.221 e. The van der Waals surface area contributed by atoms with Crippen LogP contribution in [0.15, 0.2) is 24.3 Å². The molecule has 0 aliphatic carbocycles. The van der Waals surface area contributed by atoms with Crippen molar-refractivity contribution in [2.45, 2.75) is 12.5 Å². The molecule has 0 saturated carbocycles. The number of hydrogen-bond acceptors (Lipinski definition) is 3. The molecule has 0 fully saturated rings. The van der Waals surface area contributed by atoms with Gasteiger partial charge in [0.25, 0.3) is 0 Å². The lowest BCUT2D eigenvalue weighted by molar-refractivity contribution is -0.120. The number of rotatable bonds is 6. The Morgan fingerprint density at radius 1 is 1.56 bits per heavy atom. The van der Waals surface area contributed by atoms with Crippen LogP contribution in [0.25, 0.3) is 0 Å². The van der Waals surface area contributed by atoms with E-state index in [4.69, 9.17) is 5.73 Å². The number of likely N-dealkylation sites (N-methyl/N-ethyl adjacent to an activating group) is 1. The average Bonchev–Trinajstić information content (AvgIpc) is 2.37. The van der Waals surface area contributed by atoms with Crippen molar-refractivity contribution in [2.24, 2.45) is 5.73 Å². The number of benzene rings is 1. The molecule has 1 rings (SSSR count). The zero-order chi connectivity index (χ0) is 13.5. The van der Waals surface area contributed by atoms with E-state index < -0.39 is 0 Å². The summed E-state index contributed by atoms with van der Waals surface area (Å²) in [5.41, 5.74) is 6.56. The van der Waals surface area contributed by atoms with Crippen molar-refractivity contribution in [1.82, 2.24) is 10.2 Å². The van der Waals surface area contributed by atoms with E-state index in [0.29, 0.717) is 19.5 Å². The van der Waals surface area contributed by atoms with Gasteiger partial charge in [-0.05, 0) is 24.7 Å². The fourth-order valence-corrected chi connectivity index (χ4v) is 1.84. The lowest BCUT2D eigenvalue weighted by atomic mass is 10.1. The first-order chi connectivity index (χ1) is 8.58. The van der Waals surface area contributed by atoms with E-state index in [1.165, 1.54) is 12.1 Å². The summed E-state index contributed by atoms with van der Waals surface area (Å²) in [6.45, 7) is 0.964. The second-order valence-corrected chi connectivity index (χ2v) is 4.21. The summed E-state index contributed by atoms with van der Waals surface area (Å²) in [7, 11) is 3.49. The molecule has 0 heterocycles. The Morgan fingerprint density at radius 3 is 2.83 bits per heavy atom. The third-order valence-corrected chi connectivity index (χ3v) is 2.96. The summed E-state index contributed by atoms with van der Waals surface area (Å²) in [5.74, 6) is -0.289. The molecule has 1 amide bonds. The molecular weight excluding hydrogens is 233 g/mol. The zero-order valence-electron chi connectivity index (χ0n) is 10.8. The van der Waals surface area contributed by atoms with E-state index in [-0.39, 0.29) is 17.8 Å². The van der Waals surface area contributed by atoms with Crippen LogP contribution in [0, 0.1) is 5.82 Å². The van der Waals surface area contributed by atoms with Gasteiger partial charge in [0.1, 0.15) is 5.82 Å². The van der Waals surface area contributed by atoms with E-state index in [1.54, 1.807) is 13.1 Å². The first-order valence-electron chi connectivity index (χ1n) is 5.94. The van der Waals surface area contributed by atoms with Crippen molar-refractivity contribution in [1.29, 1.82) is 0 Å². The Hall–Kier alpha value is -1.46. The molecule has 4 nitrogen and oxygen atoms in total. The third kappa shape index (κ3) is 4.09. The average molecular weight is 253 g/mol. The predicted molar refractivity (Wildman–Crippen MR) is 69.5 cm³/mol. The summed E-state index contributed by atoms with van der Waals surface area (Å²) in [5, 5.41) is 2.57. The lowest BCUT2D eigenvalue weighted by Gasteiger charge is -2.27. The van der Waals surface area contributed by atoms with Crippen LogP contribution in [0.2, 0.25) is 0 Å². The van der Waals surface area contributed by atoms with Gasteiger partial charge in [-0.15, -0.1) is 0 Å². The van der Waals surface area contributed by atoms with E-state index in [1.807, 2.05) is 18.0 Å². The third-order valence-electron chi connectivity index (χ3n) is 2.96. The van der Waals surface area contributed by atoms with E-state index in [9.17, 15) is 9.18 Å². The fraction of sp³-hybridized carbons (Fsp3) is 0.462. The fourth-order valence-electron chi connectivity index (χ4n) is 1.84. The summed E-state index contributed by atoms with van der Waals surface area (Å²) in [6.07, 6.45) is 0.402. The maximum atomic E-state index is 13.2. The number of halogens is 1. The summed E-state index contributed by atoms with van der Waals surface area (Å²) in [4.78, 5) is 13.2. The predicted octanol–water partition coefficient (Wildman–Crippen LogP) is 0.893. The van der Waals surface area contributed by atoms with E-state index in [0.717, 1.165) is 5.56 Å². The lowest BCUT2D eigenvalue weighted by Crippen LogP contribution is -2.33. The number of nitrogens with two attached hydrogens (primary N) is 1. The second kappa shape index (κ2) is 7.08. The highest BCUT2D eigenvalue weighted by molar-refractivity contribution is 5.75. The van der Waals surface area contributed by atoms with Crippen LogP contribution in [0.5, 0.6) is 0 Å². The van der Waals surface area contributed by atoms with Gasteiger partial charge >= 0.3 is 0 Å². The van der Waals surface area contributed by atoms with Crippen molar-refractivity contribution < 1.29 is 9.18 Å². The molecule has 0 aliphatic heterocycles. The highest BCUT2D eigenvalue weighted by Gasteiger charge is 2.16. The van der Waals surface area contributed by atoms with Crippen molar-refractivity contribution in [3.05, 3.63) is 35.6 Å². The Balaban J connectivity index is 2.68. The molecule has 18 heavy (non-hydrogen) atoms. The molecule has 1 aromatic rings. The molecule has 5 heteroatoms. The van der Waals surface area contributed by atoms with Gasteiger partial charge in [-0.25, -0.2) is 4.39 Å². The first kappa shape index (κ1) is 14.6. The van der Waals surface area contributed by atoms with Gasteiger partial charge in [0.2, 0.25) is 5.91 Å². The van der Waals surface area contributed by atoms with Crippen LogP contribution >= 0.6 is 0 Å². The zero-order valence-corrected chi connectivity index (χ0v) is 10.8. The van der Waals surface area contributed by atoms with Crippen LogP contribution in [-0.2, 0) is 4.79 Å². The molecular formula is C13H20FN3O. The van der Waals surface area contributed by atoms with Gasteiger partial charge in [0.05, 0.1) is 0 Å². The molecule has 1 aromatic carbocycles. The van der Waals surface area contributed by atoms with E-state index >= 15 is 0 Å². The SMILES string of the molecule is CNC(=O)CCN(C)C(CN)c1cccc(F)c1. The van der Waals surface area contributed by atoms with Crippen LogP contribution in [-0.4, -0.2) is 38.0 Å². The van der Waals surface area contributed by atoms with Gasteiger partial charge < -0.3 is 11.1 Å². The first-order valence-corrected chi connectivity index (χ1v) is 5.94. The molecule has 3 N–H and O–H groups in total. The van der Waals surface area contributed by atoms with Crippen LogP contribution in [0.1, 0.15) is 18.0 Å². The minimum Gasteiger partial charge on any atom is -0.359 e. The number of hydrogen-bond donors (Lipinski definition) is 2. The molecule has 1 atom stereocenters. The topological polar surface area (TPSA) is 58.4 Å². The Kier molecular flexibility index (Phi) is 5.74. The van der Waals surface area contributed by atoms with Gasteiger partial charge in [0.15, 0.2) is 0 Å². The highest BCUT2D eigenvalue weighted by Crippen LogP contribution is 2.19. The van der Waals surface area contributed by atoms with Gasteiger partial charge in [-0.1, -0.05) is 12.1 Å². The maximum absolute atomic E-state index is 13.2. The molecule has 0 aliphatic rings. The number of nitrogens with zero attached hydrogens (tertiary/aromatic N) is 1. The Bertz CT molecular complexity index is 398. The number of nitrogens with one attached hydrogen (secondary N) is 1. The molecule has 0 radical (unpaired) electrons. The molecule has 0 bridgehead atoms. The van der Waals surface area contributed by atoms with Gasteiger partial charge in [0, 0.05) is 32.6 Å². The molecule has 0 saturated heterocycles. The molecule has 0 aromatic heterocycles. The summed E-state index contributed by atoms with van der Waals surface area (Å²) < 4.78 is 13.2. The molecule has 0 spiro atoms. The van der Waals surface area contributed by atoms with Crippen LogP contribution in [0.3, 0.4) is 0 Å². The maximum Gasteiger partial charge on any atom is 0.221 e. The van der Waals surface area contributed by atoms with Gasteiger partial charge in [-0.2, -0.15) is 0 Å². The Labute approximate surface area is 107 Å². The van der Waals surface area contributed by atoms with Crippen molar-refractivity contribution in [2.75, 3.05) is 27.2 Å². The van der Waals surface area contributed by atoms with Crippen molar-refractivity contribution in [3.8, 4) is 0 Å². The molecule has 100 valence electrons. The quantitative estimate of drug-likeness (QED) is 0.791. The summed E-state index contributed by atoms with van der Waals surface area (Å²) >= 11 is 0. The second-order valence-electron chi connectivity index (χ2n) is 4.21. The Morgan fingerprint density at radius 2 is 2.28 bits per heavy atom. The van der Waals surface area contributed by atoms with Crippen molar-refractivity contribution >= 4 is 5.91 Å². The minimum absolute atomic E-state index is 0.0168. The van der Waals surface area contributed by atoms with Crippen LogP contribution in [0.4, 0.5) is 4.39 Å². The normalized spacial score (nSPS) is 12.5. The number of carbonyl (C=O) groups excluding carboxylic acids is 1. The monoisotopic (exact) mass is 253 g/mol. The number of amides is 1. The van der Waals surface area contributed by atoms with E-state index in [2.05, 4.69) is 5.32 Å². The number of carbonyl (C=O) groups is 1. The van der Waals surface area contributed by atoms with Gasteiger partial charge in [-0.3, -0.25) is 9.69 Å². The van der Waals surface area contributed by atoms with Crippen LogP contribution < -0.4 is 11.1 Å². The minimum atomic E-state index is -0.273. The standard InChI is InChI=1S/C13H20FN3O/c1-16-13(18)6-7-17(2)12(9-15)10-4-3-5-11(14)8-10/h3-5,8,12H,6-7,9,15H2,1-2H3,(H,16,18). The largest absolute Gasteiger partial charge is 0.359 e. The summed E-state index contributed by atoms with van der Waals surface area (Å²) in [6, 6.07) is 6.32. The molecule has 1 unspecified atom stereocenters. The van der Waals surface area contributed by atoms with Crippen molar-refractivity contribution in [3.63, 3.8) is 0 Å². The highest BCUT2D eigenvalue weighted by atomic mass is 19.1.